The first-order valence-corrected chi connectivity index (χ1v) is 7.60. The standard InChI is InChI=1S/C18H15FN2O4/c1-10(22)20-13-3-5-14(6-4-13)21-17(23)16-9-11-8-12(19)2-7-15(11)18(24)25-16/h2-8,16H,9H2,1H3,(H,20,22)(H,21,23). The van der Waals surface area contributed by atoms with Gasteiger partial charge in [0, 0.05) is 24.7 Å². The molecule has 2 aromatic carbocycles. The van der Waals surface area contributed by atoms with Gasteiger partial charge in [-0.05, 0) is 48.0 Å². The molecule has 1 atom stereocenters. The van der Waals surface area contributed by atoms with Crippen molar-refractivity contribution in [2.24, 2.45) is 0 Å². The minimum Gasteiger partial charge on any atom is -0.448 e. The zero-order valence-corrected chi connectivity index (χ0v) is 13.3. The van der Waals surface area contributed by atoms with Gasteiger partial charge in [-0.2, -0.15) is 0 Å². The third-order valence-electron chi connectivity index (χ3n) is 3.71. The molecule has 2 aromatic rings. The molecule has 0 aliphatic carbocycles. The number of fused-ring (bicyclic) bond motifs is 1. The SMILES string of the molecule is CC(=O)Nc1ccc(NC(=O)C2Cc3cc(F)ccc3C(=O)O2)cc1. The van der Waals surface area contributed by atoms with Gasteiger partial charge in [0.25, 0.3) is 5.91 Å². The summed E-state index contributed by atoms with van der Waals surface area (Å²) in [5, 5.41) is 5.25. The molecule has 2 amide bonds. The lowest BCUT2D eigenvalue weighted by Crippen LogP contribution is -2.38. The lowest BCUT2D eigenvalue weighted by atomic mass is 9.98. The number of rotatable bonds is 3. The Kier molecular flexibility index (Phi) is 4.47. The number of cyclic esters (lactones) is 1. The van der Waals surface area contributed by atoms with Crippen LogP contribution in [-0.4, -0.2) is 23.9 Å². The summed E-state index contributed by atoms with van der Waals surface area (Å²) in [5.74, 6) is -1.82. The van der Waals surface area contributed by atoms with E-state index in [1.165, 1.54) is 25.1 Å². The lowest BCUT2D eigenvalue weighted by molar-refractivity contribution is -0.125. The highest BCUT2D eigenvalue weighted by Crippen LogP contribution is 2.23. The van der Waals surface area contributed by atoms with Crippen molar-refractivity contribution in [2.45, 2.75) is 19.4 Å². The zero-order chi connectivity index (χ0) is 18.0. The van der Waals surface area contributed by atoms with Gasteiger partial charge in [-0.3, -0.25) is 9.59 Å². The minimum absolute atomic E-state index is 0.106. The zero-order valence-electron chi connectivity index (χ0n) is 13.3. The molecule has 0 aromatic heterocycles. The van der Waals surface area contributed by atoms with Crippen LogP contribution in [0.1, 0.15) is 22.8 Å². The Morgan fingerprint density at radius 2 is 1.72 bits per heavy atom. The third kappa shape index (κ3) is 3.82. The number of carbonyl (C=O) groups excluding carboxylic acids is 3. The van der Waals surface area contributed by atoms with E-state index in [1.807, 2.05) is 0 Å². The molecule has 7 heteroatoms. The summed E-state index contributed by atoms with van der Waals surface area (Å²) in [4.78, 5) is 35.2. The van der Waals surface area contributed by atoms with E-state index >= 15 is 0 Å². The topological polar surface area (TPSA) is 84.5 Å². The predicted molar refractivity (Wildman–Crippen MR) is 88.7 cm³/mol. The summed E-state index contributed by atoms with van der Waals surface area (Å²) < 4.78 is 18.5. The van der Waals surface area contributed by atoms with Crippen LogP contribution in [0.3, 0.4) is 0 Å². The number of benzene rings is 2. The number of carbonyl (C=O) groups is 3. The number of hydrogen-bond donors (Lipinski definition) is 2. The fourth-order valence-corrected chi connectivity index (χ4v) is 2.57. The number of amides is 2. The molecule has 1 aliphatic heterocycles. The molecule has 1 unspecified atom stereocenters. The summed E-state index contributed by atoms with van der Waals surface area (Å²) in [6.07, 6.45) is -0.925. The maximum Gasteiger partial charge on any atom is 0.339 e. The van der Waals surface area contributed by atoms with Crippen molar-refractivity contribution in [3.63, 3.8) is 0 Å². The normalized spacial score (nSPS) is 15.8. The van der Waals surface area contributed by atoms with Gasteiger partial charge < -0.3 is 15.4 Å². The molecule has 25 heavy (non-hydrogen) atoms. The van der Waals surface area contributed by atoms with E-state index in [0.29, 0.717) is 16.9 Å². The minimum atomic E-state index is -1.03. The monoisotopic (exact) mass is 342 g/mol. The number of nitrogens with one attached hydrogen (secondary N) is 2. The summed E-state index contributed by atoms with van der Waals surface area (Å²) in [5.41, 5.74) is 1.79. The first-order chi connectivity index (χ1) is 11.9. The second-order valence-electron chi connectivity index (χ2n) is 5.65. The van der Waals surface area contributed by atoms with Crippen molar-refractivity contribution in [2.75, 3.05) is 10.6 Å². The van der Waals surface area contributed by atoms with Gasteiger partial charge in [0.2, 0.25) is 5.91 Å². The summed E-state index contributed by atoms with van der Waals surface area (Å²) in [6, 6.07) is 10.3. The molecule has 0 bridgehead atoms. The van der Waals surface area contributed by atoms with Crippen molar-refractivity contribution in [1.29, 1.82) is 0 Å². The van der Waals surface area contributed by atoms with Gasteiger partial charge in [0.15, 0.2) is 6.10 Å². The highest BCUT2D eigenvalue weighted by atomic mass is 19.1. The van der Waals surface area contributed by atoms with Crippen LogP contribution in [0.2, 0.25) is 0 Å². The summed E-state index contributed by atoms with van der Waals surface area (Å²) in [6.45, 7) is 1.40. The van der Waals surface area contributed by atoms with E-state index in [0.717, 1.165) is 0 Å². The van der Waals surface area contributed by atoms with Gasteiger partial charge in [-0.1, -0.05) is 0 Å². The van der Waals surface area contributed by atoms with Crippen LogP contribution in [-0.2, 0) is 20.7 Å². The van der Waals surface area contributed by atoms with Gasteiger partial charge >= 0.3 is 5.97 Å². The molecule has 0 saturated heterocycles. The Balaban J connectivity index is 1.69. The quantitative estimate of drug-likeness (QED) is 0.840. The van der Waals surface area contributed by atoms with Crippen LogP contribution in [0, 0.1) is 5.82 Å². The van der Waals surface area contributed by atoms with Crippen LogP contribution in [0.15, 0.2) is 42.5 Å². The molecular weight excluding hydrogens is 327 g/mol. The highest BCUT2D eigenvalue weighted by Gasteiger charge is 2.31. The average molecular weight is 342 g/mol. The van der Waals surface area contributed by atoms with Crippen molar-refractivity contribution >= 4 is 29.2 Å². The van der Waals surface area contributed by atoms with E-state index in [1.54, 1.807) is 24.3 Å². The fourth-order valence-electron chi connectivity index (χ4n) is 2.57. The number of hydrogen-bond acceptors (Lipinski definition) is 4. The molecule has 1 heterocycles. The molecule has 0 spiro atoms. The third-order valence-corrected chi connectivity index (χ3v) is 3.71. The highest BCUT2D eigenvalue weighted by molar-refractivity contribution is 6.00. The van der Waals surface area contributed by atoms with E-state index < -0.39 is 23.8 Å². The van der Waals surface area contributed by atoms with Crippen LogP contribution >= 0.6 is 0 Å². The van der Waals surface area contributed by atoms with E-state index in [9.17, 15) is 18.8 Å². The second kappa shape index (κ2) is 6.72. The first kappa shape index (κ1) is 16.6. The van der Waals surface area contributed by atoms with Crippen LogP contribution in [0.4, 0.5) is 15.8 Å². The fraction of sp³-hybridized carbons (Fsp3) is 0.167. The summed E-state index contributed by atoms with van der Waals surface area (Å²) in [7, 11) is 0. The average Bonchev–Trinajstić information content (AvgIpc) is 2.55. The molecule has 3 rings (SSSR count). The predicted octanol–water partition coefficient (Wildman–Crippen LogP) is 2.50. The van der Waals surface area contributed by atoms with E-state index in [4.69, 9.17) is 4.74 Å². The molecule has 0 saturated carbocycles. The molecular formula is C18H15FN2O4. The molecule has 128 valence electrons. The van der Waals surface area contributed by atoms with Gasteiger partial charge in [0.05, 0.1) is 5.56 Å². The van der Waals surface area contributed by atoms with Gasteiger partial charge in [0.1, 0.15) is 5.82 Å². The van der Waals surface area contributed by atoms with Crippen molar-refractivity contribution in [3.8, 4) is 0 Å². The van der Waals surface area contributed by atoms with E-state index in [-0.39, 0.29) is 17.9 Å². The molecule has 1 aliphatic rings. The number of halogens is 1. The number of ether oxygens (including phenoxy) is 1. The molecule has 2 N–H and O–H groups in total. The van der Waals surface area contributed by atoms with Crippen molar-refractivity contribution in [3.05, 3.63) is 59.4 Å². The Hall–Kier alpha value is -3.22. The van der Waals surface area contributed by atoms with Gasteiger partial charge in [-0.25, -0.2) is 9.18 Å². The van der Waals surface area contributed by atoms with E-state index in [2.05, 4.69) is 10.6 Å². The largest absolute Gasteiger partial charge is 0.448 e. The van der Waals surface area contributed by atoms with Gasteiger partial charge in [-0.15, -0.1) is 0 Å². The molecule has 6 nitrogen and oxygen atoms in total. The smallest absolute Gasteiger partial charge is 0.339 e. The second-order valence-corrected chi connectivity index (χ2v) is 5.65. The molecule has 0 fully saturated rings. The number of esters is 1. The Morgan fingerprint density at radius 1 is 1.08 bits per heavy atom. The first-order valence-electron chi connectivity index (χ1n) is 7.60. The lowest BCUT2D eigenvalue weighted by Gasteiger charge is -2.23. The maximum absolute atomic E-state index is 13.3. The maximum atomic E-state index is 13.3. The van der Waals surface area contributed by atoms with Crippen molar-refractivity contribution < 1.29 is 23.5 Å². The Bertz CT molecular complexity index is 849. The Morgan fingerprint density at radius 3 is 2.36 bits per heavy atom. The Labute approximate surface area is 143 Å². The van der Waals surface area contributed by atoms with Crippen molar-refractivity contribution in [1.82, 2.24) is 0 Å². The molecule has 0 radical (unpaired) electrons. The van der Waals surface area contributed by atoms with Crippen LogP contribution < -0.4 is 10.6 Å². The number of anilines is 2. The van der Waals surface area contributed by atoms with Crippen LogP contribution in [0.5, 0.6) is 0 Å². The summed E-state index contributed by atoms with van der Waals surface area (Å²) >= 11 is 0. The van der Waals surface area contributed by atoms with Crippen LogP contribution in [0.25, 0.3) is 0 Å².